The van der Waals surface area contributed by atoms with E-state index in [0.29, 0.717) is 0 Å². The highest BCUT2D eigenvalue weighted by atomic mass is 15.0. The first-order valence-electron chi connectivity index (χ1n) is 41.1. The maximum Gasteiger partial charge on any atom is 0.0619 e. The number of rotatable bonds is 12. The van der Waals surface area contributed by atoms with Gasteiger partial charge in [0.2, 0.25) is 0 Å². The third kappa shape index (κ3) is 12.5. The third-order valence-corrected chi connectivity index (χ3v) is 23.9. The highest BCUT2D eigenvalue weighted by molar-refractivity contribution is 6.12. The Bertz CT molecular complexity index is 7720. The zero-order chi connectivity index (χ0) is 79.4. The molecule has 24 aromatic rings. The fourth-order valence-corrected chi connectivity index (χ4v) is 18.3. The Balaban J connectivity index is 0.000000109. The van der Waals surface area contributed by atoms with Crippen LogP contribution in [-0.2, 0) is 0 Å². The zero-order valence-corrected chi connectivity index (χ0v) is 65.7. The lowest BCUT2D eigenvalue weighted by molar-refractivity contribution is 1.11. The van der Waals surface area contributed by atoms with Gasteiger partial charge in [0, 0.05) is 99.9 Å². The van der Waals surface area contributed by atoms with E-state index < -0.39 is 0 Å². The normalized spacial score (nSPS) is 11.5. The molecule has 120 heavy (non-hydrogen) atoms. The van der Waals surface area contributed by atoms with Crippen molar-refractivity contribution in [2.75, 3.05) is 0 Å². The number of nitrogens with zero attached hydrogens (tertiary/aromatic N) is 6. The van der Waals surface area contributed by atoms with Crippen LogP contribution < -0.4 is 0 Å². The van der Waals surface area contributed by atoms with E-state index in [2.05, 4.69) is 501 Å². The average molecular weight is 1530 g/mol. The Morgan fingerprint density at radius 3 is 0.817 bits per heavy atom. The van der Waals surface area contributed by atoms with Gasteiger partial charge in [0.25, 0.3) is 0 Å². The van der Waals surface area contributed by atoms with Crippen molar-refractivity contribution in [1.82, 2.24) is 27.4 Å². The summed E-state index contributed by atoms with van der Waals surface area (Å²) in [7, 11) is 0. The van der Waals surface area contributed by atoms with Crippen LogP contribution in [0.2, 0.25) is 0 Å². The Hall–Kier alpha value is -16.0. The summed E-state index contributed by atoms with van der Waals surface area (Å²) in [4.78, 5) is 0. The van der Waals surface area contributed by atoms with Crippen LogP contribution in [0.4, 0.5) is 0 Å². The van der Waals surface area contributed by atoms with Crippen molar-refractivity contribution in [2.24, 2.45) is 0 Å². The number of para-hydroxylation sites is 9. The fraction of sp³-hybridized carbons (Fsp3) is 0. The number of hydrogen-bond donors (Lipinski definition) is 0. The topological polar surface area (TPSA) is 29.6 Å². The van der Waals surface area contributed by atoms with Gasteiger partial charge >= 0.3 is 0 Å². The van der Waals surface area contributed by atoms with Crippen LogP contribution in [0.25, 0.3) is 199 Å². The van der Waals surface area contributed by atoms with E-state index in [4.69, 9.17) is 0 Å². The van der Waals surface area contributed by atoms with E-state index in [0.717, 1.165) is 28.4 Å². The molecule has 0 fully saturated rings. The van der Waals surface area contributed by atoms with Crippen LogP contribution >= 0.6 is 0 Å². The predicted octanol–water partition coefficient (Wildman–Crippen LogP) is 30.2. The maximum atomic E-state index is 2.44. The smallest absolute Gasteiger partial charge is 0.0619 e. The van der Waals surface area contributed by atoms with Gasteiger partial charge in [-0.3, -0.25) is 0 Å². The van der Waals surface area contributed by atoms with Gasteiger partial charge in [-0.25, -0.2) is 0 Å². The summed E-state index contributed by atoms with van der Waals surface area (Å²) in [6.07, 6.45) is 2.26. The van der Waals surface area contributed by atoms with Crippen LogP contribution in [-0.4, -0.2) is 27.4 Å². The molecule has 24 rings (SSSR count). The molecule has 0 aliphatic carbocycles. The Labute approximate surface area is 695 Å². The molecule has 0 saturated carbocycles. The molecule has 0 aliphatic heterocycles. The summed E-state index contributed by atoms with van der Waals surface area (Å²) in [5.74, 6) is 0. The van der Waals surface area contributed by atoms with Gasteiger partial charge in [-0.15, -0.1) is 0 Å². The Morgan fingerprint density at radius 1 is 0.150 bits per heavy atom. The standard InChI is InChI=1S/C44H30N2.C38H26N2.C32H22N2/c1-3-13-31(14-4-1)32-23-25-34(26-24-32)44-43(33-15-5-2-6-16-33)39-19-9-12-22-42(39)46(44)36-29-27-35(28-30-36)45-40-20-10-7-17-37(40)38-18-8-11-21-41(38)45;1-2-10-27(11-3-1)28-18-20-29(21-19-28)38-26-30-12-4-7-15-35(30)39(38)31-22-24-32(25-23-31)40-36-16-8-5-13-33(36)34-14-6-9-17-37(34)40;1-2-10-23(11-3-1)29-22-33(30-15-7-4-14-28(29)30)24-18-20-25(21-19-24)34-31-16-8-5-12-26(31)27-13-6-9-17-32(27)34/h1-30H;1-26H;1-22H. The predicted molar refractivity (Wildman–Crippen MR) is 505 cm³/mol. The first-order valence-corrected chi connectivity index (χ1v) is 41.1. The Morgan fingerprint density at radius 2 is 0.417 bits per heavy atom. The lowest BCUT2D eigenvalue weighted by Gasteiger charge is -2.15. The van der Waals surface area contributed by atoms with Crippen molar-refractivity contribution < 1.29 is 0 Å². The van der Waals surface area contributed by atoms with Crippen molar-refractivity contribution in [2.45, 2.75) is 0 Å². The average Bonchev–Trinajstić information content (AvgIpc) is 2.49. The molecule has 564 valence electrons. The van der Waals surface area contributed by atoms with E-state index >= 15 is 0 Å². The van der Waals surface area contributed by atoms with E-state index in [1.165, 1.54) is 171 Å². The number of benzene rings is 18. The molecule has 6 nitrogen and oxygen atoms in total. The van der Waals surface area contributed by atoms with Gasteiger partial charge in [0.1, 0.15) is 0 Å². The minimum Gasteiger partial charge on any atom is -0.316 e. The van der Waals surface area contributed by atoms with E-state index in [-0.39, 0.29) is 0 Å². The molecule has 0 unspecified atom stereocenters. The van der Waals surface area contributed by atoms with Crippen LogP contribution in [0.3, 0.4) is 0 Å². The Kier molecular flexibility index (Phi) is 17.8. The molecule has 6 heterocycles. The van der Waals surface area contributed by atoms with Crippen molar-refractivity contribution >= 4 is 98.1 Å². The monoisotopic (exact) mass is 1530 g/mol. The minimum atomic E-state index is 1.13. The second-order valence-corrected chi connectivity index (χ2v) is 30.7. The fourth-order valence-electron chi connectivity index (χ4n) is 18.3. The van der Waals surface area contributed by atoms with E-state index in [9.17, 15) is 0 Å². The van der Waals surface area contributed by atoms with Crippen molar-refractivity contribution in [3.05, 3.63) is 473 Å². The van der Waals surface area contributed by atoms with E-state index in [1.807, 2.05) is 0 Å². The van der Waals surface area contributed by atoms with Gasteiger partial charge in [0.15, 0.2) is 0 Å². The highest BCUT2D eigenvalue weighted by Crippen LogP contribution is 2.45. The summed E-state index contributed by atoms with van der Waals surface area (Å²) in [6.45, 7) is 0. The van der Waals surface area contributed by atoms with Gasteiger partial charge in [-0.2, -0.15) is 0 Å². The molecule has 0 atom stereocenters. The maximum absolute atomic E-state index is 2.44. The summed E-state index contributed by atoms with van der Waals surface area (Å²) >= 11 is 0. The number of aromatic nitrogens is 6. The zero-order valence-electron chi connectivity index (χ0n) is 65.7. The minimum absolute atomic E-state index is 1.13. The van der Waals surface area contributed by atoms with Gasteiger partial charge < -0.3 is 27.4 Å². The third-order valence-electron chi connectivity index (χ3n) is 23.9. The van der Waals surface area contributed by atoms with Gasteiger partial charge in [-0.05, 0) is 178 Å². The van der Waals surface area contributed by atoms with Crippen molar-refractivity contribution in [3.8, 4) is 101 Å². The van der Waals surface area contributed by atoms with Crippen LogP contribution in [0.5, 0.6) is 0 Å². The SMILES string of the molecule is c1ccc(-c2ccc(-c3c(-c4ccccc4)c4ccccc4n3-c3ccc(-n4c5ccccc5c5ccccc54)cc3)cc2)cc1.c1ccc(-c2ccc(-c3cc4ccccc4n3-c3ccc(-n4c5ccccc5c5ccccc54)cc3)cc2)cc1.c1ccc(-c2cn(-c3ccc(-n4c5ccccc5c5ccccc54)cc3)c3ccccc23)cc1. The molecule has 0 saturated heterocycles. The largest absolute Gasteiger partial charge is 0.316 e. The molecule has 0 bridgehead atoms. The van der Waals surface area contributed by atoms with Crippen LogP contribution in [0.1, 0.15) is 0 Å². The highest BCUT2D eigenvalue weighted by Gasteiger charge is 2.24. The first kappa shape index (κ1) is 70.6. The molecular weight excluding hydrogens is 1450 g/mol. The summed E-state index contributed by atoms with van der Waals surface area (Å²) in [5, 5.41) is 11.4. The first-order chi connectivity index (χ1) is 59.6. The lowest BCUT2D eigenvalue weighted by Crippen LogP contribution is -1.99. The molecule has 6 heteroatoms. The van der Waals surface area contributed by atoms with Crippen molar-refractivity contribution in [3.63, 3.8) is 0 Å². The molecule has 0 amide bonds. The van der Waals surface area contributed by atoms with Gasteiger partial charge in [-0.1, -0.05) is 334 Å². The quantitative estimate of drug-likeness (QED) is 0.117. The number of hydrogen-bond acceptors (Lipinski definition) is 0. The number of fused-ring (bicyclic) bond motifs is 12. The molecule has 0 spiro atoms. The second kappa shape index (κ2) is 30.3. The molecule has 18 aromatic carbocycles. The molecule has 0 radical (unpaired) electrons. The molecular formula is C114H78N6. The van der Waals surface area contributed by atoms with Crippen molar-refractivity contribution in [1.29, 1.82) is 0 Å². The van der Waals surface area contributed by atoms with Crippen LogP contribution in [0, 0.1) is 0 Å². The summed E-state index contributed by atoms with van der Waals surface area (Å²) < 4.78 is 14.2. The molecule has 0 aliphatic rings. The van der Waals surface area contributed by atoms with E-state index in [1.54, 1.807) is 0 Å². The molecule has 6 aromatic heterocycles. The summed E-state index contributed by atoms with van der Waals surface area (Å²) in [6, 6.07) is 168. The second-order valence-electron chi connectivity index (χ2n) is 30.7. The summed E-state index contributed by atoms with van der Waals surface area (Å²) in [5.41, 5.74) is 32.4. The van der Waals surface area contributed by atoms with Gasteiger partial charge in [0.05, 0.1) is 61.0 Å². The lowest BCUT2D eigenvalue weighted by atomic mass is 9.97. The van der Waals surface area contributed by atoms with Crippen LogP contribution in [0.15, 0.2) is 473 Å². The molecule has 0 N–H and O–H groups in total.